The molecule has 0 unspecified atom stereocenters. The SMILES string of the molecule is c1ccc(-c2c3ccccc3c(-c3ccc(-c4ccc5oc6ccccc6c5c4-c4ccc5oc6ccccc6c5c4)cc3)c3ccccc23)cc1. The summed E-state index contributed by atoms with van der Waals surface area (Å²) >= 11 is 0. The van der Waals surface area contributed by atoms with Gasteiger partial charge in [-0.3, -0.25) is 0 Å². The molecule has 2 heterocycles. The largest absolute Gasteiger partial charge is 0.456 e. The molecule has 11 aromatic rings. The molecule has 0 fully saturated rings. The first kappa shape index (κ1) is 28.9. The number of hydrogen-bond donors (Lipinski definition) is 0. The van der Waals surface area contributed by atoms with Crippen LogP contribution in [0.15, 0.2) is 191 Å². The van der Waals surface area contributed by atoms with E-state index in [1.165, 1.54) is 43.8 Å². The molecule has 0 saturated heterocycles. The van der Waals surface area contributed by atoms with Crippen LogP contribution in [0.5, 0.6) is 0 Å². The predicted octanol–water partition coefficient (Wildman–Crippen LogP) is 14.5. The van der Waals surface area contributed by atoms with E-state index in [1.807, 2.05) is 18.2 Å². The topological polar surface area (TPSA) is 26.3 Å². The highest BCUT2D eigenvalue weighted by molar-refractivity contribution is 6.22. The number of hydrogen-bond acceptors (Lipinski definition) is 2. The lowest BCUT2D eigenvalue weighted by molar-refractivity contribution is 0.669. The molecule has 0 bridgehead atoms. The summed E-state index contributed by atoms with van der Waals surface area (Å²) in [5, 5.41) is 9.48. The van der Waals surface area contributed by atoms with E-state index < -0.39 is 0 Å². The highest BCUT2D eigenvalue weighted by Crippen LogP contribution is 2.46. The third-order valence-corrected chi connectivity index (χ3v) is 10.7. The lowest BCUT2D eigenvalue weighted by Crippen LogP contribution is -1.91. The molecule has 2 nitrogen and oxygen atoms in total. The number of fused-ring (bicyclic) bond motifs is 8. The van der Waals surface area contributed by atoms with Crippen LogP contribution in [0.3, 0.4) is 0 Å². The molecular weight excluding hydrogens is 633 g/mol. The summed E-state index contributed by atoms with van der Waals surface area (Å²) in [6.07, 6.45) is 0. The Morgan fingerprint density at radius 1 is 0.250 bits per heavy atom. The van der Waals surface area contributed by atoms with E-state index in [4.69, 9.17) is 8.83 Å². The van der Waals surface area contributed by atoms with Gasteiger partial charge in [0.1, 0.15) is 22.3 Å². The Kier molecular flexibility index (Phi) is 6.28. The zero-order valence-corrected chi connectivity index (χ0v) is 28.1. The highest BCUT2D eigenvalue weighted by atomic mass is 16.3. The van der Waals surface area contributed by atoms with Gasteiger partial charge in [-0.05, 0) is 90.8 Å². The van der Waals surface area contributed by atoms with E-state index in [2.05, 4.69) is 164 Å². The van der Waals surface area contributed by atoms with Crippen molar-refractivity contribution in [3.63, 3.8) is 0 Å². The first-order chi connectivity index (χ1) is 25.8. The molecule has 11 rings (SSSR count). The van der Waals surface area contributed by atoms with E-state index in [0.717, 1.165) is 66.1 Å². The Bertz CT molecular complexity index is 3100. The Morgan fingerprint density at radius 2 is 0.692 bits per heavy atom. The van der Waals surface area contributed by atoms with Gasteiger partial charge in [-0.2, -0.15) is 0 Å². The molecule has 0 saturated carbocycles. The highest BCUT2D eigenvalue weighted by Gasteiger charge is 2.20. The number of para-hydroxylation sites is 2. The summed E-state index contributed by atoms with van der Waals surface area (Å²) in [5.41, 5.74) is 13.1. The van der Waals surface area contributed by atoms with Crippen LogP contribution in [0.2, 0.25) is 0 Å². The molecule has 0 radical (unpaired) electrons. The van der Waals surface area contributed by atoms with Crippen LogP contribution >= 0.6 is 0 Å². The van der Waals surface area contributed by atoms with Gasteiger partial charge in [-0.25, -0.2) is 0 Å². The molecule has 0 spiro atoms. The molecule has 2 heteroatoms. The monoisotopic (exact) mass is 662 g/mol. The minimum absolute atomic E-state index is 0.880. The summed E-state index contributed by atoms with van der Waals surface area (Å²) in [7, 11) is 0. The summed E-state index contributed by atoms with van der Waals surface area (Å²) in [6, 6.07) is 65.1. The maximum absolute atomic E-state index is 6.43. The third kappa shape index (κ3) is 4.31. The molecule has 242 valence electrons. The predicted molar refractivity (Wildman–Crippen MR) is 218 cm³/mol. The molecule has 9 aromatic carbocycles. The number of benzene rings is 9. The molecular formula is C50H30O2. The zero-order chi connectivity index (χ0) is 34.2. The van der Waals surface area contributed by atoms with Gasteiger partial charge in [0.05, 0.1) is 0 Å². The van der Waals surface area contributed by atoms with Crippen molar-refractivity contribution in [3.05, 3.63) is 182 Å². The maximum atomic E-state index is 6.43. The van der Waals surface area contributed by atoms with Gasteiger partial charge < -0.3 is 8.83 Å². The molecule has 0 aliphatic heterocycles. The van der Waals surface area contributed by atoms with E-state index in [9.17, 15) is 0 Å². The molecule has 0 amide bonds. The number of furan rings is 2. The van der Waals surface area contributed by atoms with Gasteiger partial charge in [0.25, 0.3) is 0 Å². The van der Waals surface area contributed by atoms with Gasteiger partial charge in [0, 0.05) is 27.1 Å². The van der Waals surface area contributed by atoms with Crippen molar-refractivity contribution in [1.82, 2.24) is 0 Å². The van der Waals surface area contributed by atoms with Gasteiger partial charge >= 0.3 is 0 Å². The Labute approximate surface area is 299 Å². The fourth-order valence-electron chi connectivity index (χ4n) is 8.41. The quantitative estimate of drug-likeness (QED) is 0.175. The van der Waals surface area contributed by atoms with Crippen molar-refractivity contribution in [2.45, 2.75) is 0 Å². The average Bonchev–Trinajstić information content (AvgIpc) is 3.78. The van der Waals surface area contributed by atoms with Crippen LogP contribution in [0, 0.1) is 0 Å². The lowest BCUT2D eigenvalue weighted by Gasteiger charge is -2.18. The molecule has 0 aliphatic carbocycles. The first-order valence-electron chi connectivity index (χ1n) is 17.8. The van der Waals surface area contributed by atoms with Gasteiger partial charge in [0.2, 0.25) is 0 Å². The normalized spacial score (nSPS) is 11.8. The summed E-state index contributed by atoms with van der Waals surface area (Å²) in [4.78, 5) is 0. The molecule has 0 aliphatic rings. The van der Waals surface area contributed by atoms with Crippen molar-refractivity contribution < 1.29 is 8.83 Å². The molecule has 52 heavy (non-hydrogen) atoms. The van der Waals surface area contributed by atoms with Crippen LogP contribution in [0.25, 0.3) is 110 Å². The fourth-order valence-corrected chi connectivity index (χ4v) is 8.41. The Balaban J connectivity index is 1.14. The second-order valence-electron chi connectivity index (χ2n) is 13.6. The van der Waals surface area contributed by atoms with Crippen molar-refractivity contribution >= 4 is 65.4 Å². The summed E-state index contributed by atoms with van der Waals surface area (Å²) in [5.74, 6) is 0. The van der Waals surface area contributed by atoms with Crippen molar-refractivity contribution in [2.75, 3.05) is 0 Å². The second kappa shape index (κ2) is 11.3. The van der Waals surface area contributed by atoms with Crippen molar-refractivity contribution in [3.8, 4) is 44.5 Å². The van der Waals surface area contributed by atoms with Crippen LogP contribution < -0.4 is 0 Å². The van der Waals surface area contributed by atoms with Crippen LogP contribution in [-0.2, 0) is 0 Å². The van der Waals surface area contributed by atoms with Gasteiger partial charge in [-0.1, -0.05) is 152 Å². The molecule has 0 atom stereocenters. The molecule has 2 aromatic heterocycles. The molecule has 0 N–H and O–H groups in total. The van der Waals surface area contributed by atoms with E-state index in [0.29, 0.717) is 0 Å². The fraction of sp³-hybridized carbons (Fsp3) is 0. The van der Waals surface area contributed by atoms with Crippen molar-refractivity contribution in [1.29, 1.82) is 0 Å². The average molecular weight is 663 g/mol. The minimum Gasteiger partial charge on any atom is -0.456 e. The Hall–Kier alpha value is -6.90. The van der Waals surface area contributed by atoms with Gasteiger partial charge in [0.15, 0.2) is 0 Å². The third-order valence-electron chi connectivity index (χ3n) is 10.7. The Morgan fingerprint density at radius 3 is 1.35 bits per heavy atom. The first-order valence-corrected chi connectivity index (χ1v) is 17.8. The second-order valence-corrected chi connectivity index (χ2v) is 13.6. The summed E-state index contributed by atoms with van der Waals surface area (Å²) < 4.78 is 12.7. The lowest BCUT2D eigenvalue weighted by atomic mass is 9.85. The van der Waals surface area contributed by atoms with Gasteiger partial charge in [-0.15, -0.1) is 0 Å². The van der Waals surface area contributed by atoms with E-state index in [1.54, 1.807) is 0 Å². The summed E-state index contributed by atoms with van der Waals surface area (Å²) in [6.45, 7) is 0. The maximum Gasteiger partial charge on any atom is 0.136 e. The van der Waals surface area contributed by atoms with E-state index >= 15 is 0 Å². The number of rotatable bonds is 4. The van der Waals surface area contributed by atoms with E-state index in [-0.39, 0.29) is 0 Å². The standard InChI is InChI=1S/C50H30O2/c1-2-12-32(13-3-1)47-37-15-4-6-17-39(37)48(40-18-7-5-16-38(40)47)33-24-22-31(23-25-33)35-27-29-46-50(41-19-9-11-21-44(41)52-46)49(35)34-26-28-45-42(30-34)36-14-8-10-20-43(36)51-45/h1-30H. The smallest absolute Gasteiger partial charge is 0.136 e. The zero-order valence-electron chi connectivity index (χ0n) is 28.1. The minimum atomic E-state index is 0.880. The van der Waals surface area contributed by atoms with Crippen LogP contribution in [-0.4, -0.2) is 0 Å². The van der Waals surface area contributed by atoms with Crippen LogP contribution in [0.1, 0.15) is 0 Å². The van der Waals surface area contributed by atoms with Crippen LogP contribution in [0.4, 0.5) is 0 Å². The van der Waals surface area contributed by atoms with Crippen molar-refractivity contribution in [2.24, 2.45) is 0 Å².